The zero-order valence-corrected chi connectivity index (χ0v) is 14.5. The van der Waals surface area contributed by atoms with Crippen molar-refractivity contribution in [2.75, 3.05) is 7.11 Å². The molecule has 7 heteroatoms. The summed E-state index contributed by atoms with van der Waals surface area (Å²) in [6.45, 7) is 1.69. The monoisotopic (exact) mass is 373 g/mol. The molecule has 2 aromatic rings. The predicted molar refractivity (Wildman–Crippen MR) is 89.2 cm³/mol. The molecule has 128 valence electrons. The molecule has 0 spiro atoms. The van der Waals surface area contributed by atoms with Crippen molar-refractivity contribution in [2.45, 2.75) is 19.4 Å². The van der Waals surface area contributed by atoms with Gasteiger partial charge in [0.15, 0.2) is 0 Å². The summed E-state index contributed by atoms with van der Waals surface area (Å²) in [5.41, 5.74) is 0.0748. The van der Waals surface area contributed by atoms with Crippen molar-refractivity contribution in [3.8, 4) is 0 Å². The average molecular weight is 374 g/mol. The second-order valence-electron chi connectivity index (χ2n) is 5.20. The molecule has 0 bridgehead atoms. The van der Waals surface area contributed by atoms with Crippen LogP contribution < -0.4 is 0 Å². The second kappa shape index (κ2) is 7.92. The third-order valence-electron chi connectivity index (χ3n) is 3.50. The van der Waals surface area contributed by atoms with Crippen LogP contribution in [0.4, 0.5) is 8.78 Å². The Morgan fingerprint density at radius 1 is 1.21 bits per heavy atom. The summed E-state index contributed by atoms with van der Waals surface area (Å²) in [4.78, 5) is 17.5. The number of hydrogen-bond acceptors (Lipinski definition) is 2. The Balaban J connectivity index is 2.25. The van der Waals surface area contributed by atoms with Crippen LogP contribution in [-0.4, -0.2) is 24.1 Å². The van der Waals surface area contributed by atoms with Crippen molar-refractivity contribution in [1.82, 2.24) is 5.06 Å². The van der Waals surface area contributed by atoms with Gasteiger partial charge in [0.1, 0.15) is 17.2 Å². The van der Waals surface area contributed by atoms with Gasteiger partial charge in [-0.05, 0) is 43.2 Å². The van der Waals surface area contributed by atoms with Crippen molar-refractivity contribution in [3.63, 3.8) is 0 Å². The summed E-state index contributed by atoms with van der Waals surface area (Å²) < 4.78 is 27.6. The quantitative estimate of drug-likeness (QED) is 0.697. The Morgan fingerprint density at radius 3 is 2.38 bits per heavy atom. The third kappa shape index (κ3) is 4.04. The number of hydrogen-bond donors (Lipinski definition) is 0. The van der Waals surface area contributed by atoms with Crippen molar-refractivity contribution in [2.24, 2.45) is 0 Å². The van der Waals surface area contributed by atoms with Gasteiger partial charge in [-0.2, -0.15) is 0 Å². The van der Waals surface area contributed by atoms with E-state index in [1.807, 2.05) is 0 Å². The van der Waals surface area contributed by atoms with E-state index >= 15 is 0 Å². The highest BCUT2D eigenvalue weighted by atomic mass is 35.5. The lowest BCUT2D eigenvalue weighted by atomic mass is 10.1. The molecule has 0 aliphatic heterocycles. The van der Waals surface area contributed by atoms with Crippen LogP contribution in [0.3, 0.4) is 0 Å². The number of hydroxylamine groups is 2. The normalized spacial score (nSPS) is 12.1. The number of halogens is 4. The first kappa shape index (κ1) is 18.6. The summed E-state index contributed by atoms with van der Waals surface area (Å²) in [5, 5.41) is 1.85. The number of rotatable bonds is 5. The van der Waals surface area contributed by atoms with Gasteiger partial charge in [0, 0.05) is 10.0 Å². The molecule has 2 aromatic carbocycles. The SMILES string of the molecule is CON(C(=O)c1c(F)cccc1F)[C@@H](C)Cc1ccc(Cl)cc1Cl. The van der Waals surface area contributed by atoms with Gasteiger partial charge in [-0.15, -0.1) is 0 Å². The number of benzene rings is 2. The first-order valence-electron chi connectivity index (χ1n) is 7.10. The fourth-order valence-corrected chi connectivity index (χ4v) is 2.85. The molecule has 3 nitrogen and oxygen atoms in total. The van der Waals surface area contributed by atoms with Crippen LogP contribution in [0.15, 0.2) is 36.4 Å². The highest BCUT2D eigenvalue weighted by Crippen LogP contribution is 2.24. The van der Waals surface area contributed by atoms with Gasteiger partial charge >= 0.3 is 0 Å². The van der Waals surface area contributed by atoms with Gasteiger partial charge < -0.3 is 0 Å². The van der Waals surface area contributed by atoms with Crippen LogP contribution in [0, 0.1) is 11.6 Å². The van der Waals surface area contributed by atoms with Gasteiger partial charge in [0.2, 0.25) is 0 Å². The molecular weight excluding hydrogens is 359 g/mol. The summed E-state index contributed by atoms with van der Waals surface area (Å²) in [6, 6.07) is 7.69. The van der Waals surface area contributed by atoms with Crippen LogP contribution in [-0.2, 0) is 11.3 Å². The lowest BCUT2D eigenvalue weighted by molar-refractivity contribution is -0.119. The molecule has 1 atom stereocenters. The lowest BCUT2D eigenvalue weighted by Gasteiger charge is -2.27. The molecule has 0 N–H and O–H groups in total. The van der Waals surface area contributed by atoms with Crippen LogP contribution in [0.25, 0.3) is 0 Å². The zero-order valence-electron chi connectivity index (χ0n) is 13.0. The van der Waals surface area contributed by atoms with E-state index in [1.54, 1.807) is 25.1 Å². The van der Waals surface area contributed by atoms with Gasteiger partial charge in [0.25, 0.3) is 5.91 Å². The number of nitrogens with zero attached hydrogens (tertiary/aromatic N) is 1. The Labute approximate surface area is 148 Å². The molecule has 0 fully saturated rings. The maximum Gasteiger partial charge on any atom is 0.283 e. The van der Waals surface area contributed by atoms with E-state index in [0.717, 1.165) is 22.8 Å². The highest BCUT2D eigenvalue weighted by molar-refractivity contribution is 6.35. The van der Waals surface area contributed by atoms with Crippen molar-refractivity contribution in [1.29, 1.82) is 0 Å². The molecular formula is C17H15Cl2F2NO2. The van der Waals surface area contributed by atoms with Gasteiger partial charge in [-0.3, -0.25) is 9.63 Å². The molecule has 0 aromatic heterocycles. The molecule has 2 rings (SSSR count). The van der Waals surface area contributed by atoms with E-state index in [2.05, 4.69) is 0 Å². The molecule has 0 aliphatic carbocycles. The van der Waals surface area contributed by atoms with E-state index in [-0.39, 0.29) is 0 Å². The van der Waals surface area contributed by atoms with Crippen molar-refractivity contribution < 1.29 is 18.4 Å². The maximum absolute atomic E-state index is 13.8. The Bertz CT molecular complexity index is 735. The van der Waals surface area contributed by atoms with Crippen LogP contribution >= 0.6 is 23.2 Å². The van der Waals surface area contributed by atoms with Crippen molar-refractivity contribution >= 4 is 29.1 Å². The first-order valence-corrected chi connectivity index (χ1v) is 7.86. The number of carbonyl (C=O) groups excluding carboxylic acids is 1. The van der Waals surface area contributed by atoms with E-state index in [0.29, 0.717) is 16.5 Å². The van der Waals surface area contributed by atoms with E-state index < -0.39 is 29.1 Å². The van der Waals surface area contributed by atoms with Gasteiger partial charge in [-0.25, -0.2) is 13.8 Å². The molecule has 0 heterocycles. The standard InChI is InChI=1S/C17H15Cl2F2NO2/c1-10(8-11-6-7-12(18)9-13(11)19)22(24-2)17(23)16-14(20)4-3-5-15(16)21/h3-7,9-10H,8H2,1-2H3/t10-/m0/s1. The van der Waals surface area contributed by atoms with E-state index in [1.165, 1.54) is 13.2 Å². The number of amides is 1. The smallest absolute Gasteiger partial charge is 0.274 e. The Hall–Kier alpha value is -1.69. The minimum Gasteiger partial charge on any atom is -0.274 e. The summed E-state index contributed by atoms with van der Waals surface area (Å²) in [5.74, 6) is -2.79. The third-order valence-corrected chi connectivity index (χ3v) is 4.09. The second-order valence-corrected chi connectivity index (χ2v) is 6.04. The fraction of sp³-hybridized carbons (Fsp3) is 0.235. The topological polar surface area (TPSA) is 29.5 Å². The molecule has 0 aliphatic rings. The fourth-order valence-electron chi connectivity index (χ4n) is 2.36. The summed E-state index contributed by atoms with van der Waals surface area (Å²) >= 11 is 12.0. The molecule has 0 saturated heterocycles. The van der Waals surface area contributed by atoms with Crippen LogP contribution in [0.1, 0.15) is 22.8 Å². The number of carbonyl (C=O) groups is 1. The van der Waals surface area contributed by atoms with Crippen LogP contribution in [0.2, 0.25) is 10.0 Å². The molecule has 0 radical (unpaired) electrons. The van der Waals surface area contributed by atoms with E-state index in [9.17, 15) is 13.6 Å². The minimum atomic E-state index is -0.946. The van der Waals surface area contributed by atoms with Gasteiger partial charge in [-0.1, -0.05) is 35.3 Å². The zero-order chi connectivity index (χ0) is 17.9. The maximum atomic E-state index is 13.8. The lowest BCUT2D eigenvalue weighted by Crippen LogP contribution is -2.39. The highest BCUT2D eigenvalue weighted by Gasteiger charge is 2.27. The molecule has 0 saturated carbocycles. The largest absolute Gasteiger partial charge is 0.283 e. The first-order chi connectivity index (χ1) is 11.3. The predicted octanol–water partition coefficient (Wildman–Crippen LogP) is 4.91. The molecule has 1 amide bonds. The average Bonchev–Trinajstić information content (AvgIpc) is 2.50. The summed E-state index contributed by atoms with van der Waals surface area (Å²) in [6.07, 6.45) is 0.325. The van der Waals surface area contributed by atoms with Gasteiger partial charge in [0.05, 0.1) is 13.2 Å². The minimum absolute atomic E-state index is 0.325. The van der Waals surface area contributed by atoms with Crippen LogP contribution in [0.5, 0.6) is 0 Å². The molecule has 24 heavy (non-hydrogen) atoms. The van der Waals surface area contributed by atoms with E-state index in [4.69, 9.17) is 28.0 Å². The molecule has 0 unspecified atom stereocenters. The Morgan fingerprint density at radius 2 is 1.83 bits per heavy atom. The van der Waals surface area contributed by atoms with Crippen molar-refractivity contribution in [3.05, 3.63) is 69.2 Å². The Kier molecular flexibility index (Phi) is 6.15. The summed E-state index contributed by atoms with van der Waals surface area (Å²) in [7, 11) is 1.26.